The summed E-state index contributed by atoms with van der Waals surface area (Å²) in [4.78, 5) is 34.7. The van der Waals surface area contributed by atoms with Crippen LogP contribution in [0.25, 0.3) is 11.0 Å². The number of ether oxygens (including phenoxy) is 2. The molecule has 0 amide bonds. The van der Waals surface area contributed by atoms with Gasteiger partial charge in [-0.1, -0.05) is 19.8 Å². The number of carbonyl (C=O) groups excluding carboxylic acids is 2. The fourth-order valence-electron chi connectivity index (χ4n) is 2.45. The summed E-state index contributed by atoms with van der Waals surface area (Å²) < 4.78 is 15.4. The van der Waals surface area contributed by atoms with E-state index in [0.717, 1.165) is 12.8 Å². The van der Waals surface area contributed by atoms with Gasteiger partial charge in [0.2, 0.25) is 0 Å². The van der Waals surface area contributed by atoms with Crippen molar-refractivity contribution in [1.82, 2.24) is 0 Å². The zero-order chi connectivity index (χ0) is 18.6. The average Bonchev–Trinajstić information content (AvgIpc) is 2.52. The Kier molecular flexibility index (Phi) is 5.93. The Hall–Kier alpha value is -2.67. The van der Waals surface area contributed by atoms with Crippen molar-refractivity contribution < 1.29 is 23.5 Å². The minimum atomic E-state index is -0.590. The maximum absolute atomic E-state index is 12.2. The van der Waals surface area contributed by atoms with Crippen LogP contribution in [0.15, 0.2) is 27.4 Å². The van der Waals surface area contributed by atoms with E-state index in [2.05, 4.69) is 0 Å². The van der Waals surface area contributed by atoms with Gasteiger partial charge in [0.15, 0.2) is 11.5 Å². The van der Waals surface area contributed by atoms with Crippen LogP contribution >= 0.6 is 0 Å². The van der Waals surface area contributed by atoms with Gasteiger partial charge in [-0.25, -0.2) is 4.79 Å². The number of unbranched alkanes of at least 4 members (excludes halogenated alkanes) is 1. The molecule has 0 radical (unpaired) electrons. The summed E-state index contributed by atoms with van der Waals surface area (Å²) in [5.74, 6) is -1.09. The van der Waals surface area contributed by atoms with E-state index in [1.54, 1.807) is 6.07 Å². The number of rotatable bonds is 6. The van der Waals surface area contributed by atoms with E-state index >= 15 is 0 Å². The second kappa shape index (κ2) is 7.94. The van der Waals surface area contributed by atoms with Crippen LogP contribution in [0.3, 0.4) is 0 Å². The first-order valence-corrected chi connectivity index (χ1v) is 8.06. The summed E-state index contributed by atoms with van der Waals surface area (Å²) in [5, 5.41) is 0.522. The number of nitrogens with two attached hydrogens (primary N) is 1. The molecule has 7 nitrogen and oxygen atoms in total. The summed E-state index contributed by atoms with van der Waals surface area (Å²) in [6.45, 7) is 4.49. The summed E-state index contributed by atoms with van der Waals surface area (Å²) >= 11 is 0. The van der Waals surface area contributed by atoms with E-state index in [-0.39, 0.29) is 17.1 Å². The van der Waals surface area contributed by atoms with Crippen LogP contribution in [0.2, 0.25) is 0 Å². The second-order valence-electron chi connectivity index (χ2n) is 5.76. The summed E-state index contributed by atoms with van der Waals surface area (Å²) in [6.07, 6.45) is 2.52. The van der Waals surface area contributed by atoms with E-state index < -0.39 is 23.6 Å². The molecule has 1 heterocycles. The van der Waals surface area contributed by atoms with Crippen molar-refractivity contribution >= 4 is 22.9 Å². The monoisotopic (exact) mass is 347 g/mol. The number of hydrogen-bond acceptors (Lipinski definition) is 7. The molecular formula is C18H21NO6. The molecule has 1 aromatic carbocycles. The largest absolute Gasteiger partial charge is 0.423 e. The lowest BCUT2D eigenvalue weighted by Crippen LogP contribution is -2.19. The maximum atomic E-state index is 12.2. The summed E-state index contributed by atoms with van der Waals surface area (Å²) in [5.41, 5.74) is 6.10. The van der Waals surface area contributed by atoms with E-state index in [0.29, 0.717) is 17.4 Å². The quantitative estimate of drug-likeness (QED) is 0.486. The molecule has 134 valence electrons. The Morgan fingerprint density at radius 2 is 1.72 bits per heavy atom. The van der Waals surface area contributed by atoms with Gasteiger partial charge in [-0.3, -0.25) is 9.59 Å². The highest BCUT2D eigenvalue weighted by atomic mass is 16.6. The van der Waals surface area contributed by atoms with Crippen LogP contribution in [-0.4, -0.2) is 11.9 Å². The highest BCUT2D eigenvalue weighted by molar-refractivity contribution is 5.84. The lowest BCUT2D eigenvalue weighted by Gasteiger charge is -2.12. The summed E-state index contributed by atoms with van der Waals surface area (Å²) in [6, 6.07) is 4.00. The highest BCUT2D eigenvalue weighted by Crippen LogP contribution is 2.33. The molecule has 25 heavy (non-hydrogen) atoms. The van der Waals surface area contributed by atoms with Gasteiger partial charge < -0.3 is 19.6 Å². The van der Waals surface area contributed by atoms with Crippen LogP contribution < -0.4 is 20.8 Å². The molecule has 0 aliphatic carbocycles. The van der Waals surface area contributed by atoms with Gasteiger partial charge in [0.25, 0.3) is 0 Å². The zero-order valence-electron chi connectivity index (χ0n) is 14.5. The van der Waals surface area contributed by atoms with Crippen molar-refractivity contribution in [1.29, 1.82) is 0 Å². The highest BCUT2D eigenvalue weighted by Gasteiger charge is 2.17. The Balaban J connectivity index is 2.55. The first-order valence-electron chi connectivity index (χ1n) is 8.06. The third-order valence-corrected chi connectivity index (χ3v) is 3.60. The lowest BCUT2D eigenvalue weighted by molar-refractivity contribution is -0.134. The van der Waals surface area contributed by atoms with Gasteiger partial charge in [-0.05, 0) is 18.6 Å². The van der Waals surface area contributed by atoms with Crippen molar-refractivity contribution in [2.75, 3.05) is 0 Å². The standard InChI is InChI=1S/C18H21NO6/c1-4-5-6-14(19)13-7-12-8-16(23-10(2)20)17(24-11(3)21)9-15(12)25-18(13)22/h7-9,14H,4-6,19H2,1-3H3. The number of esters is 2. The SMILES string of the molecule is CCCCC(N)c1cc2cc(OC(C)=O)c(OC(C)=O)cc2oc1=O. The molecule has 0 aliphatic rings. The van der Waals surface area contributed by atoms with Crippen molar-refractivity contribution in [3.05, 3.63) is 34.2 Å². The van der Waals surface area contributed by atoms with Gasteiger partial charge in [0, 0.05) is 31.3 Å². The molecule has 7 heteroatoms. The van der Waals surface area contributed by atoms with Gasteiger partial charge in [0.1, 0.15) is 5.58 Å². The van der Waals surface area contributed by atoms with Crippen LogP contribution in [-0.2, 0) is 9.59 Å². The number of benzene rings is 1. The van der Waals surface area contributed by atoms with Gasteiger partial charge in [-0.15, -0.1) is 0 Å². The predicted octanol–water partition coefficient (Wildman–Crippen LogP) is 2.83. The van der Waals surface area contributed by atoms with Crippen molar-refractivity contribution in [3.63, 3.8) is 0 Å². The molecule has 0 bridgehead atoms. The molecule has 0 spiro atoms. The van der Waals surface area contributed by atoms with Crippen LogP contribution in [0, 0.1) is 0 Å². The van der Waals surface area contributed by atoms with Crippen LogP contribution in [0.4, 0.5) is 0 Å². The molecular weight excluding hydrogens is 326 g/mol. The Morgan fingerprint density at radius 1 is 1.12 bits per heavy atom. The zero-order valence-corrected chi connectivity index (χ0v) is 14.5. The summed E-state index contributed by atoms with van der Waals surface area (Å²) in [7, 11) is 0. The van der Waals surface area contributed by atoms with Crippen LogP contribution in [0.5, 0.6) is 11.5 Å². The van der Waals surface area contributed by atoms with Gasteiger partial charge >= 0.3 is 17.6 Å². The van der Waals surface area contributed by atoms with E-state index in [4.69, 9.17) is 19.6 Å². The minimum absolute atomic E-state index is 0.00128. The van der Waals surface area contributed by atoms with Crippen molar-refractivity contribution in [3.8, 4) is 11.5 Å². The fourth-order valence-corrected chi connectivity index (χ4v) is 2.45. The van der Waals surface area contributed by atoms with Crippen molar-refractivity contribution in [2.45, 2.75) is 46.1 Å². The molecule has 2 rings (SSSR count). The van der Waals surface area contributed by atoms with E-state index in [1.807, 2.05) is 6.92 Å². The molecule has 0 saturated carbocycles. The molecule has 0 fully saturated rings. The number of carbonyl (C=O) groups is 2. The fraction of sp³-hybridized carbons (Fsp3) is 0.389. The Labute approximate surface area is 144 Å². The first kappa shape index (κ1) is 18.7. The molecule has 2 N–H and O–H groups in total. The topological polar surface area (TPSA) is 109 Å². The average molecular weight is 347 g/mol. The van der Waals surface area contributed by atoms with Gasteiger partial charge in [-0.2, -0.15) is 0 Å². The lowest BCUT2D eigenvalue weighted by atomic mass is 10.0. The van der Waals surface area contributed by atoms with Gasteiger partial charge in [0.05, 0.1) is 5.56 Å². The first-order chi connectivity index (χ1) is 11.8. The normalized spacial score (nSPS) is 12.0. The molecule has 1 unspecified atom stereocenters. The van der Waals surface area contributed by atoms with Crippen molar-refractivity contribution in [2.24, 2.45) is 5.73 Å². The van der Waals surface area contributed by atoms with Crippen LogP contribution in [0.1, 0.15) is 51.6 Å². The smallest absolute Gasteiger partial charge is 0.341 e. The number of fused-ring (bicyclic) bond motifs is 1. The molecule has 0 aliphatic heterocycles. The second-order valence-corrected chi connectivity index (χ2v) is 5.76. The van der Waals surface area contributed by atoms with E-state index in [1.165, 1.54) is 26.0 Å². The maximum Gasteiger partial charge on any atom is 0.341 e. The molecule has 1 atom stereocenters. The number of hydrogen-bond donors (Lipinski definition) is 1. The Bertz CT molecular complexity index is 855. The third kappa shape index (κ3) is 4.67. The Morgan fingerprint density at radius 3 is 2.28 bits per heavy atom. The molecule has 0 saturated heterocycles. The predicted molar refractivity (Wildman–Crippen MR) is 91.6 cm³/mol. The third-order valence-electron chi connectivity index (χ3n) is 3.60. The van der Waals surface area contributed by atoms with E-state index in [9.17, 15) is 14.4 Å². The molecule has 1 aromatic heterocycles. The minimum Gasteiger partial charge on any atom is -0.423 e. The molecule has 2 aromatic rings.